The maximum absolute atomic E-state index is 13.0. The van der Waals surface area contributed by atoms with Gasteiger partial charge in [-0.2, -0.15) is 4.31 Å². The molecule has 0 N–H and O–H groups in total. The van der Waals surface area contributed by atoms with Crippen LogP contribution in [0.25, 0.3) is 0 Å². The lowest BCUT2D eigenvalue weighted by Gasteiger charge is -2.39. The van der Waals surface area contributed by atoms with Gasteiger partial charge in [-0.05, 0) is 30.9 Å². The summed E-state index contributed by atoms with van der Waals surface area (Å²) in [6.07, 6.45) is 1.42. The molecule has 1 aromatic carbocycles. The molecule has 31 heavy (non-hydrogen) atoms. The number of sulfonamides is 1. The Kier molecular flexibility index (Phi) is 7.51. The van der Waals surface area contributed by atoms with Gasteiger partial charge in [0.25, 0.3) is 5.91 Å². The van der Waals surface area contributed by atoms with E-state index in [9.17, 15) is 13.2 Å². The average molecular weight is 472 g/mol. The quantitative estimate of drug-likeness (QED) is 0.644. The smallest absolute Gasteiger partial charge is 0.253 e. The van der Waals surface area contributed by atoms with Gasteiger partial charge in [-0.3, -0.25) is 9.69 Å². The van der Waals surface area contributed by atoms with E-state index in [1.54, 1.807) is 23.1 Å². The number of halogens is 1. The Balaban J connectivity index is 1.32. The van der Waals surface area contributed by atoms with Crippen LogP contribution in [-0.4, -0.2) is 100 Å². The predicted molar refractivity (Wildman–Crippen MR) is 117 cm³/mol. The number of ether oxygens (including phenoxy) is 2. The molecule has 0 aromatic heterocycles. The van der Waals surface area contributed by atoms with Crippen LogP contribution in [-0.2, 0) is 24.3 Å². The van der Waals surface area contributed by atoms with E-state index in [0.717, 1.165) is 45.7 Å². The zero-order valence-corrected chi connectivity index (χ0v) is 19.2. The fourth-order valence-electron chi connectivity index (χ4n) is 4.44. The lowest BCUT2D eigenvalue weighted by molar-refractivity contribution is -0.149. The molecular formula is C21H30ClN3O5S. The molecule has 3 heterocycles. The lowest BCUT2D eigenvalue weighted by atomic mass is 9.99. The Morgan fingerprint density at radius 3 is 2.45 bits per heavy atom. The van der Waals surface area contributed by atoms with Crippen LogP contribution in [0.5, 0.6) is 0 Å². The van der Waals surface area contributed by atoms with Crippen molar-refractivity contribution in [3.63, 3.8) is 0 Å². The first-order valence-electron chi connectivity index (χ1n) is 10.9. The van der Waals surface area contributed by atoms with Crippen molar-refractivity contribution in [2.45, 2.75) is 23.8 Å². The van der Waals surface area contributed by atoms with E-state index in [0.29, 0.717) is 19.0 Å². The van der Waals surface area contributed by atoms with Crippen LogP contribution in [0.3, 0.4) is 0 Å². The zero-order valence-electron chi connectivity index (χ0n) is 17.6. The average Bonchev–Trinajstić information content (AvgIpc) is 2.80. The molecule has 0 radical (unpaired) electrons. The Bertz CT molecular complexity index is 870. The number of amides is 1. The first-order valence-corrected chi connectivity index (χ1v) is 12.7. The minimum atomic E-state index is -3.78. The van der Waals surface area contributed by atoms with Crippen LogP contribution < -0.4 is 0 Å². The number of carbonyl (C=O) groups excluding carboxylic acids is 1. The molecule has 1 amide bonds. The fraction of sp³-hybridized carbons (Fsp3) is 0.667. The molecule has 3 saturated heterocycles. The number of benzene rings is 1. The molecule has 0 spiro atoms. The summed E-state index contributed by atoms with van der Waals surface area (Å²) in [5, 5.41) is 0.178. The molecule has 0 saturated carbocycles. The summed E-state index contributed by atoms with van der Waals surface area (Å²) >= 11 is 6.11. The van der Waals surface area contributed by atoms with Gasteiger partial charge in [-0.1, -0.05) is 23.7 Å². The van der Waals surface area contributed by atoms with Gasteiger partial charge in [0.1, 0.15) is 11.0 Å². The predicted octanol–water partition coefficient (Wildman–Crippen LogP) is 1.30. The number of piperazine rings is 1. The summed E-state index contributed by atoms with van der Waals surface area (Å²) in [7, 11) is -3.78. The molecule has 10 heteroatoms. The van der Waals surface area contributed by atoms with E-state index in [1.807, 2.05) is 0 Å². The van der Waals surface area contributed by atoms with E-state index in [2.05, 4.69) is 4.90 Å². The fourth-order valence-corrected chi connectivity index (χ4v) is 6.35. The highest BCUT2D eigenvalue weighted by atomic mass is 35.5. The van der Waals surface area contributed by atoms with Gasteiger partial charge in [-0.25, -0.2) is 8.42 Å². The highest BCUT2D eigenvalue weighted by molar-refractivity contribution is 7.89. The van der Waals surface area contributed by atoms with E-state index in [1.165, 1.54) is 10.4 Å². The van der Waals surface area contributed by atoms with Crippen LogP contribution in [0.4, 0.5) is 0 Å². The van der Waals surface area contributed by atoms with Crippen molar-refractivity contribution in [2.24, 2.45) is 5.92 Å². The third-order valence-electron chi connectivity index (χ3n) is 6.30. The number of morpholine rings is 1. The topological polar surface area (TPSA) is 79.4 Å². The van der Waals surface area contributed by atoms with Crippen molar-refractivity contribution in [3.8, 4) is 0 Å². The van der Waals surface area contributed by atoms with Crippen molar-refractivity contribution in [1.82, 2.24) is 14.1 Å². The largest absolute Gasteiger partial charge is 0.381 e. The van der Waals surface area contributed by atoms with Gasteiger partial charge in [0.15, 0.2) is 0 Å². The van der Waals surface area contributed by atoms with Crippen molar-refractivity contribution < 1.29 is 22.7 Å². The highest BCUT2D eigenvalue weighted by Gasteiger charge is 2.37. The number of hydrogen-bond acceptors (Lipinski definition) is 6. The molecule has 4 rings (SSSR count). The van der Waals surface area contributed by atoms with Crippen molar-refractivity contribution >= 4 is 27.5 Å². The SMILES string of the molecule is O=C([C@@H]1CN(S(=O)(=O)c2ccccc2Cl)CCO1)N1CCN(CC2CCOCC2)CC1. The lowest BCUT2D eigenvalue weighted by Crippen LogP contribution is -2.56. The molecular weight excluding hydrogens is 442 g/mol. The van der Waals surface area contributed by atoms with Gasteiger partial charge < -0.3 is 14.4 Å². The minimum absolute atomic E-state index is 0.00861. The second kappa shape index (κ2) is 10.1. The summed E-state index contributed by atoms with van der Waals surface area (Å²) in [4.78, 5) is 17.3. The number of rotatable bonds is 5. The van der Waals surface area contributed by atoms with Gasteiger partial charge in [0, 0.05) is 59.0 Å². The monoisotopic (exact) mass is 471 g/mol. The molecule has 3 aliphatic rings. The maximum atomic E-state index is 13.0. The molecule has 0 bridgehead atoms. The Morgan fingerprint density at radius 2 is 1.74 bits per heavy atom. The summed E-state index contributed by atoms with van der Waals surface area (Å²) in [6.45, 7) is 6.07. The first-order chi connectivity index (χ1) is 14.9. The van der Waals surface area contributed by atoms with Crippen LogP contribution in [0, 0.1) is 5.92 Å². The molecule has 1 aromatic rings. The Labute approximate surface area is 189 Å². The molecule has 0 aliphatic carbocycles. The standard InChI is InChI=1S/C21H30ClN3O5S/c22-18-3-1-2-4-20(18)31(27,28)25-11-14-30-19(16-25)21(26)24-9-7-23(8-10-24)15-17-5-12-29-13-6-17/h1-4,17,19H,5-16H2/t19-/m0/s1. The first kappa shape index (κ1) is 22.9. The normalized spacial score (nSPS) is 24.9. The van der Waals surface area contributed by atoms with Gasteiger partial charge in [0.05, 0.1) is 11.6 Å². The summed E-state index contributed by atoms with van der Waals surface area (Å²) in [5.74, 6) is 0.533. The Morgan fingerprint density at radius 1 is 1.03 bits per heavy atom. The van der Waals surface area contributed by atoms with E-state index in [-0.39, 0.29) is 35.5 Å². The summed E-state index contributed by atoms with van der Waals surface area (Å²) < 4.78 is 38.5. The second-order valence-electron chi connectivity index (χ2n) is 8.33. The van der Waals surface area contributed by atoms with Crippen LogP contribution >= 0.6 is 11.6 Å². The van der Waals surface area contributed by atoms with Crippen molar-refractivity contribution in [3.05, 3.63) is 29.3 Å². The third-order valence-corrected chi connectivity index (χ3v) is 8.67. The van der Waals surface area contributed by atoms with Crippen LogP contribution in [0.15, 0.2) is 29.2 Å². The summed E-state index contributed by atoms with van der Waals surface area (Å²) in [6, 6.07) is 6.37. The van der Waals surface area contributed by atoms with E-state index in [4.69, 9.17) is 21.1 Å². The van der Waals surface area contributed by atoms with Gasteiger partial charge in [0.2, 0.25) is 10.0 Å². The molecule has 8 nitrogen and oxygen atoms in total. The molecule has 0 unspecified atom stereocenters. The number of hydrogen-bond donors (Lipinski definition) is 0. The number of nitrogens with zero attached hydrogens (tertiary/aromatic N) is 3. The van der Waals surface area contributed by atoms with Crippen molar-refractivity contribution in [1.29, 1.82) is 0 Å². The maximum Gasteiger partial charge on any atom is 0.253 e. The second-order valence-corrected chi connectivity index (χ2v) is 10.6. The van der Waals surface area contributed by atoms with Crippen LogP contribution in [0.1, 0.15) is 12.8 Å². The molecule has 3 fully saturated rings. The minimum Gasteiger partial charge on any atom is -0.381 e. The van der Waals surface area contributed by atoms with Crippen LogP contribution in [0.2, 0.25) is 5.02 Å². The van der Waals surface area contributed by atoms with E-state index >= 15 is 0 Å². The zero-order chi connectivity index (χ0) is 21.8. The van der Waals surface area contributed by atoms with Gasteiger partial charge in [-0.15, -0.1) is 0 Å². The van der Waals surface area contributed by atoms with Crippen molar-refractivity contribution in [2.75, 3.05) is 65.6 Å². The summed E-state index contributed by atoms with van der Waals surface area (Å²) in [5.41, 5.74) is 0. The highest BCUT2D eigenvalue weighted by Crippen LogP contribution is 2.26. The molecule has 3 aliphatic heterocycles. The third kappa shape index (κ3) is 5.40. The molecule has 172 valence electrons. The molecule has 1 atom stereocenters. The van der Waals surface area contributed by atoms with E-state index < -0.39 is 16.1 Å². The van der Waals surface area contributed by atoms with Gasteiger partial charge >= 0.3 is 0 Å². The number of carbonyl (C=O) groups is 1. The Hall–Kier alpha value is -1.23.